The Bertz CT molecular complexity index is 1290. The molecule has 1 heterocycles. The monoisotopic (exact) mass is 409 g/mol. The summed E-state index contributed by atoms with van der Waals surface area (Å²) in [5.74, 6) is 0.923. The number of rotatable bonds is 3. The summed E-state index contributed by atoms with van der Waals surface area (Å²) in [6.07, 6.45) is 0. The number of anilines is 1. The van der Waals surface area contributed by atoms with Crippen LogP contribution in [0.4, 0.5) is 11.5 Å². The highest BCUT2D eigenvalue weighted by Gasteiger charge is 2.13. The minimum absolute atomic E-state index is 0.371. The van der Waals surface area contributed by atoms with Gasteiger partial charge in [0.2, 0.25) is 0 Å². The van der Waals surface area contributed by atoms with Gasteiger partial charge in [-0.25, -0.2) is 9.98 Å². The zero-order valence-corrected chi connectivity index (χ0v) is 17.2. The van der Waals surface area contributed by atoms with Crippen molar-refractivity contribution in [2.45, 2.75) is 6.92 Å². The molecule has 0 aliphatic rings. The fourth-order valence-corrected chi connectivity index (χ4v) is 3.80. The molecule has 4 rings (SSSR count). The lowest BCUT2D eigenvalue weighted by molar-refractivity contribution is 1.02. The maximum Gasteiger partial charge on any atom is 0.199 e. The first-order valence-corrected chi connectivity index (χ1v) is 10.2. The molecule has 2 N–H and O–H groups in total. The van der Waals surface area contributed by atoms with Crippen LogP contribution in [0.2, 0.25) is 0 Å². The number of benzene rings is 3. The Morgan fingerprint density at radius 2 is 1.57 bits per heavy atom. The summed E-state index contributed by atoms with van der Waals surface area (Å²) < 4.78 is 1.79. The molecular formula is C24H19N5S. The number of amidine groups is 1. The number of hydrogen-bond donors (Lipinski definition) is 1. The largest absolute Gasteiger partial charge is 0.383 e. The standard InChI is InChI=1S/C24H19N5S/c1-17-12-14-18(15-13-17)23(27-19-8-4-2-5-9-19)28-24-29(20-10-6-3-7-11-20)22(26)21(16-25)30-24/h2-15H,26H2,1H3. The second-order valence-electron chi connectivity index (χ2n) is 6.63. The zero-order valence-electron chi connectivity index (χ0n) is 16.4. The normalized spacial score (nSPS) is 12.0. The van der Waals surface area contributed by atoms with E-state index in [1.807, 2.05) is 91.9 Å². The average Bonchev–Trinajstić information content (AvgIpc) is 3.10. The van der Waals surface area contributed by atoms with Crippen LogP contribution in [0.1, 0.15) is 16.0 Å². The summed E-state index contributed by atoms with van der Waals surface area (Å²) in [6.45, 7) is 2.04. The summed E-state index contributed by atoms with van der Waals surface area (Å²) >= 11 is 1.25. The van der Waals surface area contributed by atoms with Gasteiger partial charge in [-0.05, 0) is 31.2 Å². The second kappa shape index (κ2) is 8.60. The van der Waals surface area contributed by atoms with Gasteiger partial charge in [-0.15, -0.1) is 0 Å². The number of thiazole rings is 1. The van der Waals surface area contributed by atoms with Gasteiger partial charge in [-0.1, -0.05) is 77.6 Å². The third-order valence-corrected chi connectivity index (χ3v) is 5.44. The number of aryl methyl sites for hydroxylation is 1. The predicted molar refractivity (Wildman–Crippen MR) is 122 cm³/mol. The molecule has 0 aliphatic carbocycles. The molecule has 0 atom stereocenters. The van der Waals surface area contributed by atoms with E-state index in [2.05, 4.69) is 6.07 Å². The molecule has 146 valence electrons. The lowest BCUT2D eigenvalue weighted by Gasteiger charge is -2.06. The number of para-hydroxylation sites is 2. The lowest BCUT2D eigenvalue weighted by atomic mass is 10.1. The molecule has 0 unspecified atom stereocenters. The Hall–Kier alpha value is -3.95. The van der Waals surface area contributed by atoms with E-state index in [1.165, 1.54) is 11.3 Å². The highest BCUT2D eigenvalue weighted by molar-refractivity contribution is 7.10. The zero-order chi connectivity index (χ0) is 20.9. The predicted octanol–water partition coefficient (Wildman–Crippen LogP) is 4.98. The molecule has 0 saturated carbocycles. The molecule has 0 amide bonds. The van der Waals surface area contributed by atoms with Gasteiger partial charge in [0.1, 0.15) is 16.8 Å². The first kappa shape index (κ1) is 19.4. The molecule has 0 aliphatic heterocycles. The van der Waals surface area contributed by atoms with Crippen LogP contribution in [-0.2, 0) is 0 Å². The van der Waals surface area contributed by atoms with Gasteiger partial charge in [0.15, 0.2) is 10.6 Å². The first-order valence-electron chi connectivity index (χ1n) is 9.38. The van der Waals surface area contributed by atoms with E-state index >= 15 is 0 Å². The number of aliphatic imine (C=N–C) groups is 1. The lowest BCUT2D eigenvalue weighted by Crippen LogP contribution is -2.17. The van der Waals surface area contributed by atoms with E-state index < -0.39 is 0 Å². The molecule has 0 bridgehead atoms. The molecule has 30 heavy (non-hydrogen) atoms. The highest BCUT2D eigenvalue weighted by atomic mass is 32.1. The van der Waals surface area contributed by atoms with Crippen LogP contribution in [0.5, 0.6) is 0 Å². The van der Waals surface area contributed by atoms with E-state index in [-0.39, 0.29) is 0 Å². The second-order valence-corrected chi connectivity index (χ2v) is 7.61. The number of aromatic nitrogens is 1. The van der Waals surface area contributed by atoms with Crippen molar-refractivity contribution in [2.24, 2.45) is 9.98 Å². The Morgan fingerprint density at radius 3 is 2.20 bits per heavy atom. The van der Waals surface area contributed by atoms with Crippen LogP contribution < -0.4 is 10.5 Å². The number of nitrogens with zero attached hydrogens (tertiary/aromatic N) is 4. The van der Waals surface area contributed by atoms with Gasteiger partial charge in [0.05, 0.1) is 5.69 Å². The molecular weight excluding hydrogens is 390 g/mol. The molecule has 0 spiro atoms. The van der Waals surface area contributed by atoms with Gasteiger partial charge in [0, 0.05) is 11.3 Å². The Balaban J connectivity index is 1.96. The van der Waals surface area contributed by atoms with Gasteiger partial charge in [-0.2, -0.15) is 5.26 Å². The van der Waals surface area contributed by atoms with Crippen molar-refractivity contribution >= 4 is 28.7 Å². The maximum absolute atomic E-state index is 9.52. The van der Waals surface area contributed by atoms with Gasteiger partial charge < -0.3 is 5.73 Å². The molecule has 4 aromatic rings. The number of nitrogen functional groups attached to an aromatic ring is 1. The topological polar surface area (TPSA) is 79.5 Å². The fraction of sp³-hybridized carbons (Fsp3) is 0.0417. The Labute approximate surface area is 178 Å². The average molecular weight is 410 g/mol. The Kier molecular flexibility index (Phi) is 5.55. The van der Waals surface area contributed by atoms with Crippen molar-refractivity contribution in [3.05, 3.63) is 106 Å². The summed E-state index contributed by atoms with van der Waals surface area (Å²) in [5, 5.41) is 9.52. The van der Waals surface area contributed by atoms with Crippen LogP contribution in [0.15, 0.2) is 94.9 Å². The number of nitrogens with two attached hydrogens (primary N) is 1. The quantitative estimate of drug-likeness (QED) is 0.382. The molecule has 6 heteroatoms. The van der Waals surface area contributed by atoms with Crippen LogP contribution in [0.25, 0.3) is 5.69 Å². The molecule has 0 fully saturated rings. The van der Waals surface area contributed by atoms with Gasteiger partial charge in [-0.3, -0.25) is 4.57 Å². The van der Waals surface area contributed by atoms with Crippen LogP contribution in [0, 0.1) is 18.3 Å². The van der Waals surface area contributed by atoms with Crippen molar-refractivity contribution in [3.63, 3.8) is 0 Å². The summed E-state index contributed by atoms with van der Waals surface area (Å²) in [5.41, 5.74) is 9.97. The van der Waals surface area contributed by atoms with Crippen molar-refractivity contribution in [2.75, 3.05) is 5.73 Å². The first-order chi connectivity index (χ1) is 14.7. The van der Waals surface area contributed by atoms with Crippen LogP contribution >= 0.6 is 11.3 Å². The van der Waals surface area contributed by atoms with E-state index in [1.54, 1.807) is 4.57 Å². The van der Waals surface area contributed by atoms with Crippen molar-refractivity contribution < 1.29 is 0 Å². The van der Waals surface area contributed by atoms with Crippen molar-refractivity contribution in [3.8, 4) is 11.8 Å². The van der Waals surface area contributed by atoms with Crippen LogP contribution in [0.3, 0.4) is 0 Å². The van der Waals surface area contributed by atoms with E-state index in [0.29, 0.717) is 21.3 Å². The third kappa shape index (κ3) is 4.07. The van der Waals surface area contributed by atoms with E-state index in [9.17, 15) is 5.26 Å². The minimum atomic E-state index is 0.371. The summed E-state index contributed by atoms with van der Waals surface area (Å²) in [6, 6.07) is 29.5. The Morgan fingerprint density at radius 1 is 0.933 bits per heavy atom. The fourth-order valence-electron chi connectivity index (χ4n) is 2.95. The third-order valence-electron chi connectivity index (χ3n) is 4.48. The van der Waals surface area contributed by atoms with Crippen molar-refractivity contribution in [1.29, 1.82) is 5.26 Å². The summed E-state index contributed by atoms with van der Waals surface area (Å²) in [7, 11) is 0. The number of hydrogen-bond acceptors (Lipinski definition) is 4. The SMILES string of the molecule is Cc1ccc(C(=Nc2ccccc2)N=c2sc(C#N)c(N)n2-c2ccccc2)cc1. The molecule has 0 saturated heterocycles. The number of nitriles is 1. The van der Waals surface area contributed by atoms with Gasteiger partial charge in [0.25, 0.3) is 0 Å². The minimum Gasteiger partial charge on any atom is -0.383 e. The molecule has 1 aromatic heterocycles. The van der Waals surface area contributed by atoms with Crippen molar-refractivity contribution in [1.82, 2.24) is 4.57 Å². The molecule has 3 aromatic carbocycles. The van der Waals surface area contributed by atoms with E-state index in [0.717, 1.165) is 22.5 Å². The molecule has 5 nitrogen and oxygen atoms in total. The highest BCUT2D eigenvalue weighted by Crippen LogP contribution is 2.20. The summed E-state index contributed by atoms with van der Waals surface area (Å²) in [4.78, 5) is 10.6. The maximum atomic E-state index is 9.52. The molecule has 0 radical (unpaired) electrons. The van der Waals surface area contributed by atoms with Gasteiger partial charge >= 0.3 is 0 Å². The van der Waals surface area contributed by atoms with Crippen LogP contribution in [-0.4, -0.2) is 10.4 Å². The van der Waals surface area contributed by atoms with E-state index in [4.69, 9.17) is 15.7 Å². The smallest absolute Gasteiger partial charge is 0.199 e.